The molecule has 4 N–H and O–H groups in total. The standard InChI is InChI=1S/C16H19N3/c17-14-9-8-13(11-15(14)18)19-10-4-3-6-12-5-1-2-7-16(12)19/h1-2,5,7-9,11H,3-4,6,10,17-18H2. The second-order valence-electron chi connectivity index (χ2n) is 5.05. The first-order chi connectivity index (χ1) is 9.25. The van der Waals surface area contributed by atoms with Gasteiger partial charge in [0.25, 0.3) is 0 Å². The average Bonchev–Trinajstić information content (AvgIpc) is 2.64. The SMILES string of the molecule is Nc1ccc(N2CCCCc3ccccc32)cc1N. The molecule has 2 aromatic rings. The number of aryl methyl sites for hydroxylation is 1. The fraction of sp³-hybridized carbons (Fsp3) is 0.250. The highest BCUT2D eigenvalue weighted by molar-refractivity contribution is 5.75. The fourth-order valence-electron chi connectivity index (χ4n) is 2.69. The maximum atomic E-state index is 5.93. The maximum absolute atomic E-state index is 5.93. The maximum Gasteiger partial charge on any atom is 0.0568 e. The van der Waals surface area contributed by atoms with Gasteiger partial charge in [0, 0.05) is 17.9 Å². The van der Waals surface area contributed by atoms with E-state index < -0.39 is 0 Å². The van der Waals surface area contributed by atoms with Crippen LogP contribution in [0.1, 0.15) is 18.4 Å². The summed E-state index contributed by atoms with van der Waals surface area (Å²) in [5.41, 5.74) is 16.9. The number of nitrogen functional groups attached to an aromatic ring is 2. The third-order valence-corrected chi connectivity index (χ3v) is 3.74. The zero-order chi connectivity index (χ0) is 13.2. The molecular weight excluding hydrogens is 234 g/mol. The Bertz CT molecular complexity index is 592. The molecule has 0 fully saturated rings. The van der Waals surface area contributed by atoms with Crippen LogP contribution < -0.4 is 16.4 Å². The molecule has 3 rings (SSSR count). The topological polar surface area (TPSA) is 55.3 Å². The molecule has 0 radical (unpaired) electrons. The van der Waals surface area contributed by atoms with Crippen molar-refractivity contribution in [2.75, 3.05) is 22.9 Å². The number of benzene rings is 2. The molecule has 1 heterocycles. The van der Waals surface area contributed by atoms with Crippen LogP contribution in [0.15, 0.2) is 42.5 Å². The van der Waals surface area contributed by atoms with Gasteiger partial charge < -0.3 is 16.4 Å². The van der Waals surface area contributed by atoms with Gasteiger partial charge in [-0.2, -0.15) is 0 Å². The third kappa shape index (κ3) is 2.24. The summed E-state index contributed by atoms with van der Waals surface area (Å²) in [6, 6.07) is 14.5. The van der Waals surface area contributed by atoms with Crippen molar-refractivity contribution in [2.24, 2.45) is 0 Å². The van der Waals surface area contributed by atoms with Gasteiger partial charge in [-0.1, -0.05) is 18.2 Å². The third-order valence-electron chi connectivity index (χ3n) is 3.74. The van der Waals surface area contributed by atoms with Gasteiger partial charge in [0.1, 0.15) is 0 Å². The molecule has 0 bridgehead atoms. The highest BCUT2D eigenvalue weighted by atomic mass is 15.1. The molecule has 2 aromatic carbocycles. The molecule has 19 heavy (non-hydrogen) atoms. The molecule has 0 aliphatic carbocycles. The van der Waals surface area contributed by atoms with Gasteiger partial charge in [0.2, 0.25) is 0 Å². The lowest BCUT2D eigenvalue weighted by Gasteiger charge is -2.25. The van der Waals surface area contributed by atoms with E-state index in [-0.39, 0.29) is 0 Å². The smallest absolute Gasteiger partial charge is 0.0568 e. The molecule has 0 unspecified atom stereocenters. The van der Waals surface area contributed by atoms with Crippen molar-refractivity contribution in [3.63, 3.8) is 0 Å². The largest absolute Gasteiger partial charge is 0.397 e. The molecule has 98 valence electrons. The van der Waals surface area contributed by atoms with Crippen molar-refractivity contribution in [3.8, 4) is 0 Å². The van der Waals surface area contributed by atoms with Crippen molar-refractivity contribution in [1.29, 1.82) is 0 Å². The number of nitrogens with zero attached hydrogens (tertiary/aromatic N) is 1. The Morgan fingerprint density at radius 3 is 2.58 bits per heavy atom. The van der Waals surface area contributed by atoms with Crippen molar-refractivity contribution in [1.82, 2.24) is 0 Å². The lowest BCUT2D eigenvalue weighted by Crippen LogP contribution is -2.18. The van der Waals surface area contributed by atoms with E-state index in [1.54, 1.807) is 0 Å². The Morgan fingerprint density at radius 2 is 1.74 bits per heavy atom. The van der Waals surface area contributed by atoms with E-state index in [4.69, 9.17) is 11.5 Å². The molecule has 1 aliphatic heterocycles. The summed E-state index contributed by atoms with van der Waals surface area (Å²) in [4.78, 5) is 2.35. The number of hydrogen-bond donors (Lipinski definition) is 2. The minimum Gasteiger partial charge on any atom is -0.397 e. The Morgan fingerprint density at radius 1 is 0.895 bits per heavy atom. The molecule has 0 saturated heterocycles. The second kappa shape index (κ2) is 4.84. The number of rotatable bonds is 1. The Hall–Kier alpha value is -2.16. The van der Waals surface area contributed by atoms with Crippen LogP contribution in [0.25, 0.3) is 0 Å². The first-order valence-corrected chi connectivity index (χ1v) is 6.76. The Labute approximate surface area is 113 Å². The summed E-state index contributed by atoms with van der Waals surface area (Å²) >= 11 is 0. The van der Waals surface area contributed by atoms with Gasteiger partial charge in [0.05, 0.1) is 11.4 Å². The van der Waals surface area contributed by atoms with Gasteiger partial charge in [-0.15, -0.1) is 0 Å². The van der Waals surface area contributed by atoms with E-state index in [1.165, 1.54) is 24.1 Å². The van der Waals surface area contributed by atoms with Crippen LogP contribution in [0.4, 0.5) is 22.7 Å². The van der Waals surface area contributed by atoms with E-state index in [0.29, 0.717) is 11.4 Å². The minimum absolute atomic E-state index is 0.645. The number of hydrogen-bond acceptors (Lipinski definition) is 3. The molecule has 0 saturated carbocycles. The van der Waals surface area contributed by atoms with Gasteiger partial charge >= 0.3 is 0 Å². The monoisotopic (exact) mass is 253 g/mol. The predicted octanol–water partition coefficient (Wildman–Crippen LogP) is 3.33. The van der Waals surface area contributed by atoms with Gasteiger partial charge in [0.15, 0.2) is 0 Å². The van der Waals surface area contributed by atoms with Gasteiger partial charge in [-0.3, -0.25) is 0 Å². The van der Waals surface area contributed by atoms with E-state index in [9.17, 15) is 0 Å². The molecular formula is C16H19N3. The predicted molar refractivity (Wildman–Crippen MR) is 81.7 cm³/mol. The van der Waals surface area contributed by atoms with Crippen LogP contribution in [0.5, 0.6) is 0 Å². The highest BCUT2D eigenvalue weighted by Crippen LogP contribution is 2.34. The highest BCUT2D eigenvalue weighted by Gasteiger charge is 2.16. The molecule has 0 aromatic heterocycles. The van der Waals surface area contributed by atoms with Crippen molar-refractivity contribution in [2.45, 2.75) is 19.3 Å². The van der Waals surface area contributed by atoms with Crippen LogP contribution in [0, 0.1) is 0 Å². The van der Waals surface area contributed by atoms with Crippen molar-refractivity contribution in [3.05, 3.63) is 48.0 Å². The number of nitrogens with two attached hydrogens (primary N) is 2. The summed E-state index contributed by atoms with van der Waals surface area (Å²) in [5.74, 6) is 0. The lowest BCUT2D eigenvalue weighted by molar-refractivity contribution is 0.761. The van der Waals surface area contributed by atoms with E-state index in [2.05, 4.69) is 29.2 Å². The van der Waals surface area contributed by atoms with Gasteiger partial charge in [-0.05, 0) is 49.1 Å². The van der Waals surface area contributed by atoms with E-state index in [1.807, 2.05) is 18.2 Å². The van der Waals surface area contributed by atoms with Gasteiger partial charge in [-0.25, -0.2) is 0 Å². The summed E-state index contributed by atoms with van der Waals surface area (Å²) in [6.07, 6.45) is 3.58. The zero-order valence-electron chi connectivity index (χ0n) is 11.0. The minimum atomic E-state index is 0.645. The lowest BCUT2D eigenvalue weighted by atomic mass is 10.1. The molecule has 3 nitrogen and oxygen atoms in total. The van der Waals surface area contributed by atoms with Crippen molar-refractivity contribution < 1.29 is 0 Å². The first kappa shape index (κ1) is 11.9. The molecule has 0 atom stereocenters. The number of para-hydroxylation sites is 1. The summed E-state index contributed by atoms with van der Waals surface area (Å²) < 4.78 is 0. The molecule has 1 aliphatic rings. The Kier molecular flexibility index (Phi) is 3.03. The summed E-state index contributed by atoms with van der Waals surface area (Å²) in [6.45, 7) is 1.03. The summed E-state index contributed by atoms with van der Waals surface area (Å²) in [7, 11) is 0. The first-order valence-electron chi connectivity index (χ1n) is 6.76. The van der Waals surface area contributed by atoms with Crippen LogP contribution >= 0.6 is 0 Å². The zero-order valence-corrected chi connectivity index (χ0v) is 11.0. The molecule has 0 spiro atoms. The quantitative estimate of drug-likeness (QED) is 0.766. The summed E-state index contributed by atoms with van der Waals surface area (Å²) in [5, 5.41) is 0. The number of anilines is 4. The second-order valence-corrected chi connectivity index (χ2v) is 5.05. The fourth-order valence-corrected chi connectivity index (χ4v) is 2.69. The number of fused-ring (bicyclic) bond motifs is 1. The van der Waals surface area contributed by atoms with Crippen LogP contribution in [-0.2, 0) is 6.42 Å². The van der Waals surface area contributed by atoms with Crippen molar-refractivity contribution >= 4 is 22.7 Å². The normalized spacial score (nSPS) is 14.8. The van der Waals surface area contributed by atoms with E-state index >= 15 is 0 Å². The molecule has 3 heteroatoms. The average molecular weight is 253 g/mol. The van der Waals surface area contributed by atoms with E-state index in [0.717, 1.165) is 18.7 Å². The molecule has 0 amide bonds. The van der Waals surface area contributed by atoms with Crippen LogP contribution in [-0.4, -0.2) is 6.54 Å². The van der Waals surface area contributed by atoms with Crippen LogP contribution in [0.3, 0.4) is 0 Å². The van der Waals surface area contributed by atoms with Crippen LogP contribution in [0.2, 0.25) is 0 Å². The Balaban J connectivity index is 2.06.